The number of ether oxygens (including phenoxy) is 1. The van der Waals surface area contributed by atoms with Crippen molar-refractivity contribution in [2.75, 3.05) is 6.61 Å². The van der Waals surface area contributed by atoms with Crippen LogP contribution in [0, 0.1) is 0 Å². The smallest absolute Gasteiger partial charge is 0.338 e. The Labute approximate surface area is 95.4 Å². The topological polar surface area (TPSA) is 43.4 Å². The van der Waals surface area contributed by atoms with Crippen molar-refractivity contribution in [3.63, 3.8) is 0 Å². The van der Waals surface area contributed by atoms with Crippen LogP contribution in [0.5, 0.6) is 0 Å². The fraction of sp³-hybridized carbons (Fsp3) is 0.385. The Kier molecular flexibility index (Phi) is 4.23. The summed E-state index contributed by atoms with van der Waals surface area (Å²) in [4.78, 5) is 22.4. The molecule has 16 heavy (non-hydrogen) atoms. The summed E-state index contributed by atoms with van der Waals surface area (Å²) in [6, 6.07) is 5.10. The molecule has 0 amide bonds. The molecular formula is C13H16O3. The molecule has 0 radical (unpaired) electrons. The number of carbonyl (C=O) groups excluding carboxylic acids is 2. The van der Waals surface area contributed by atoms with Crippen molar-refractivity contribution in [1.29, 1.82) is 0 Å². The first kappa shape index (κ1) is 12.4. The molecule has 0 aliphatic rings. The third-order valence-corrected chi connectivity index (χ3v) is 2.33. The van der Waals surface area contributed by atoms with Crippen LogP contribution in [0.15, 0.2) is 18.2 Å². The zero-order chi connectivity index (χ0) is 12.1. The van der Waals surface area contributed by atoms with Crippen LogP contribution in [-0.4, -0.2) is 18.9 Å². The van der Waals surface area contributed by atoms with E-state index in [1.807, 2.05) is 13.8 Å². The number of rotatable bonds is 4. The highest BCUT2D eigenvalue weighted by Gasteiger charge is 2.15. The molecule has 1 rings (SSSR count). The molecule has 86 valence electrons. The van der Waals surface area contributed by atoms with Gasteiger partial charge in [0.25, 0.3) is 0 Å². The van der Waals surface area contributed by atoms with Crippen LogP contribution >= 0.6 is 0 Å². The van der Waals surface area contributed by atoms with Gasteiger partial charge in [-0.3, -0.25) is 4.79 Å². The van der Waals surface area contributed by atoms with Crippen molar-refractivity contribution in [1.82, 2.24) is 0 Å². The van der Waals surface area contributed by atoms with E-state index in [0.29, 0.717) is 17.7 Å². The van der Waals surface area contributed by atoms with E-state index in [-0.39, 0.29) is 11.9 Å². The van der Waals surface area contributed by atoms with Gasteiger partial charge in [0.2, 0.25) is 0 Å². The van der Waals surface area contributed by atoms with Gasteiger partial charge in [0, 0.05) is 5.56 Å². The van der Waals surface area contributed by atoms with Crippen LogP contribution in [0.4, 0.5) is 0 Å². The predicted octanol–water partition coefficient (Wildman–Crippen LogP) is 2.80. The van der Waals surface area contributed by atoms with E-state index in [9.17, 15) is 9.59 Å². The van der Waals surface area contributed by atoms with Gasteiger partial charge in [0.15, 0.2) is 0 Å². The van der Waals surface area contributed by atoms with Gasteiger partial charge in [-0.2, -0.15) is 0 Å². The summed E-state index contributed by atoms with van der Waals surface area (Å²) in [5.41, 5.74) is 1.89. The van der Waals surface area contributed by atoms with E-state index in [0.717, 1.165) is 11.8 Å². The molecule has 0 fully saturated rings. The molecule has 0 aliphatic carbocycles. The number of hydrogen-bond donors (Lipinski definition) is 0. The lowest BCUT2D eigenvalue weighted by atomic mass is 9.95. The number of hydrogen-bond acceptors (Lipinski definition) is 3. The van der Waals surface area contributed by atoms with Crippen molar-refractivity contribution in [2.45, 2.75) is 26.7 Å². The highest BCUT2D eigenvalue weighted by Crippen LogP contribution is 2.21. The van der Waals surface area contributed by atoms with Gasteiger partial charge in [0.1, 0.15) is 6.29 Å². The molecule has 0 saturated carbocycles. The van der Waals surface area contributed by atoms with E-state index < -0.39 is 0 Å². The van der Waals surface area contributed by atoms with Gasteiger partial charge in [-0.1, -0.05) is 26.0 Å². The third kappa shape index (κ3) is 2.69. The monoisotopic (exact) mass is 220 g/mol. The highest BCUT2D eigenvalue weighted by molar-refractivity contribution is 5.93. The summed E-state index contributed by atoms with van der Waals surface area (Å²) in [5.74, 6) is -0.144. The third-order valence-electron chi connectivity index (χ3n) is 2.33. The molecule has 0 N–H and O–H groups in total. The minimum atomic E-state index is -0.366. The fourth-order valence-electron chi connectivity index (χ4n) is 1.54. The lowest BCUT2D eigenvalue weighted by Crippen LogP contribution is -2.09. The van der Waals surface area contributed by atoms with Gasteiger partial charge in [-0.25, -0.2) is 4.79 Å². The highest BCUT2D eigenvalue weighted by atomic mass is 16.5. The van der Waals surface area contributed by atoms with Crippen LogP contribution in [0.2, 0.25) is 0 Å². The van der Waals surface area contributed by atoms with Crippen molar-refractivity contribution < 1.29 is 14.3 Å². The standard InChI is InChI=1S/C13H16O3/c1-4-16-13(15)12-7-10(8-14)5-6-11(12)9(2)3/h5-9H,4H2,1-3H3. The molecule has 0 spiro atoms. The Balaban J connectivity index is 3.19. The Hall–Kier alpha value is -1.64. The van der Waals surface area contributed by atoms with Crippen LogP contribution < -0.4 is 0 Å². The lowest BCUT2D eigenvalue weighted by Gasteiger charge is -2.12. The Bertz CT molecular complexity index is 394. The minimum absolute atomic E-state index is 0.222. The van der Waals surface area contributed by atoms with Gasteiger partial charge < -0.3 is 4.74 Å². The first-order valence-corrected chi connectivity index (χ1v) is 5.36. The number of esters is 1. The molecule has 0 bridgehead atoms. The van der Waals surface area contributed by atoms with Crippen molar-refractivity contribution in [2.24, 2.45) is 0 Å². The van der Waals surface area contributed by atoms with Gasteiger partial charge >= 0.3 is 5.97 Å². The predicted molar refractivity (Wildman–Crippen MR) is 61.9 cm³/mol. The maximum Gasteiger partial charge on any atom is 0.338 e. The summed E-state index contributed by atoms with van der Waals surface area (Å²) in [6.45, 7) is 6.09. The molecule has 3 heteroatoms. The van der Waals surface area contributed by atoms with Crippen molar-refractivity contribution in [3.8, 4) is 0 Å². The summed E-state index contributed by atoms with van der Waals surface area (Å²) in [7, 11) is 0. The molecule has 1 aromatic rings. The molecule has 0 aliphatic heterocycles. The zero-order valence-corrected chi connectivity index (χ0v) is 9.82. The van der Waals surface area contributed by atoms with E-state index in [1.165, 1.54) is 0 Å². The van der Waals surface area contributed by atoms with Crippen LogP contribution in [0.3, 0.4) is 0 Å². The fourth-order valence-corrected chi connectivity index (χ4v) is 1.54. The number of aldehydes is 1. The summed E-state index contributed by atoms with van der Waals surface area (Å²) in [5, 5.41) is 0. The van der Waals surface area contributed by atoms with Crippen LogP contribution in [0.25, 0.3) is 0 Å². The van der Waals surface area contributed by atoms with E-state index in [2.05, 4.69) is 0 Å². The van der Waals surface area contributed by atoms with Gasteiger partial charge in [-0.15, -0.1) is 0 Å². The normalized spacial score (nSPS) is 10.2. The molecule has 0 atom stereocenters. The maximum atomic E-state index is 11.7. The van der Waals surface area contributed by atoms with E-state index in [1.54, 1.807) is 25.1 Å². The second-order valence-corrected chi connectivity index (χ2v) is 3.84. The number of benzene rings is 1. The Morgan fingerprint density at radius 3 is 2.62 bits per heavy atom. The van der Waals surface area contributed by atoms with Crippen LogP contribution in [0.1, 0.15) is 53.0 Å². The minimum Gasteiger partial charge on any atom is -0.462 e. The number of carbonyl (C=O) groups is 2. The molecule has 0 heterocycles. The molecule has 0 aromatic heterocycles. The van der Waals surface area contributed by atoms with Crippen LogP contribution in [-0.2, 0) is 4.74 Å². The second kappa shape index (κ2) is 5.45. The van der Waals surface area contributed by atoms with Gasteiger partial charge in [-0.05, 0) is 24.5 Å². The molecule has 3 nitrogen and oxygen atoms in total. The molecule has 0 unspecified atom stereocenters. The lowest BCUT2D eigenvalue weighted by molar-refractivity contribution is 0.0524. The molecule has 0 saturated heterocycles. The van der Waals surface area contributed by atoms with Crippen molar-refractivity contribution in [3.05, 3.63) is 34.9 Å². The van der Waals surface area contributed by atoms with Crippen molar-refractivity contribution >= 4 is 12.3 Å². The second-order valence-electron chi connectivity index (χ2n) is 3.84. The Morgan fingerprint density at radius 1 is 1.44 bits per heavy atom. The quantitative estimate of drug-likeness (QED) is 0.579. The average Bonchev–Trinajstić information content (AvgIpc) is 2.28. The summed E-state index contributed by atoms with van der Waals surface area (Å²) < 4.78 is 4.96. The SMILES string of the molecule is CCOC(=O)c1cc(C=O)ccc1C(C)C. The average molecular weight is 220 g/mol. The molecular weight excluding hydrogens is 204 g/mol. The first-order valence-electron chi connectivity index (χ1n) is 5.36. The van der Waals surface area contributed by atoms with E-state index >= 15 is 0 Å². The largest absolute Gasteiger partial charge is 0.462 e. The van der Waals surface area contributed by atoms with E-state index in [4.69, 9.17) is 4.74 Å². The summed E-state index contributed by atoms with van der Waals surface area (Å²) >= 11 is 0. The zero-order valence-electron chi connectivity index (χ0n) is 9.82. The Morgan fingerprint density at radius 2 is 2.12 bits per heavy atom. The van der Waals surface area contributed by atoms with Gasteiger partial charge in [0.05, 0.1) is 12.2 Å². The molecule has 1 aromatic carbocycles. The first-order chi connectivity index (χ1) is 7.60. The summed E-state index contributed by atoms with van der Waals surface area (Å²) in [6.07, 6.45) is 0.729. The maximum absolute atomic E-state index is 11.7.